The number of nitrogens with zero attached hydrogens (tertiary/aromatic N) is 1. The number of aromatic carboxylic acids is 1. The molecule has 0 saturated heterocycles. The number of carboxylic acids is 1. The summed E-state index contributed by atoms with van der Waals surface area (Å²) in [5, 5.41) is 9.12. The van der Waals surface area contributed by atoms with Gasteiger partial charge in [-0.25, -0.2) is 9.69 Å². The summed E-state index contributed by atoms with van der Waals surface area (Å²) >= 11 is 1.97. The van der Waals surface area contributed by atoms with Crippen LogP contribution in [0.25, 0.3) is 0 Å². The lowest BCUT2D eigenvalue weighted by atomic mass is 10.1. The number of hydrogen-bond donors (Lipinski definition) is 1. The van der Waals surface area contributed by atoms with Gasteiger partial charge in [0, 0.05) is 15.2 Å². The minimum Gasteiger partial charge on any atom is -0.478 e. The van der Waals surface area contributed by atoms with E-state index in [1.165, 1.54) is 25.1 Å². The van der Waals surface area contributed by atoms with Crippen LogP contribution in [0.4, 0.5) is 5.69 Å². The second-order valence-corrected chi connectivity index (χ2v) is 5.02. The average molecular weight is 357 g/mol. The Morgan fingerprint density at radius 3 is 2.50 bits per heavy atom. The molecule has 0 spiro atoms. The fourth-order valence-electron chi connectivity index (χ4n) is 1.69. The standard InChI is InChI=1S/C12H8INO4/c1-6-4-10(15)14(11(6)16)9-3-2-7(13)5-8(9)12(17)18/h2-5H,1H3,(H,17,18). The number of halogens is 1. The molecule has 1 N–H and O–H groups in total. The Morgan fingerprint density at radius 2 is 2.00 bits per heavy atom. The molecule has 0 bridgehead atoms. The second-order valence-electron chi connectivity index (χ2n) is 3.77. The molecule has 0 aliphatic carbocycles. The minimum atomic E-state index is -1.17. The fraction of sp³-hybridized carbons (Fsp3) is 0.0833. The first-order valence-electron chi connectivity index (χ1n) is 5.01. The van der Waals surface area contributed by atoms with E-state index in [9.17, 15) is 14.4 Å². The maximum Gasteiger partial charge on any atom is 0.337 e. The van der Waals surface area contributed by atoms with E-state index < -0.39 is 17.8 Å². The van der Waals surface area contributed by atoms with Crippen molar-refractivity contribution < 1.29 is 19.5 Å². The Morgan fingerprint density at radius 1 is 1.33 bits per heavy atom. The largest absolute Gasteiger partial charge is 0.478 e. The van der Waals surface area contributed by atoms with Crippen molar-refractivity contribution in [3.63, 3.8) is 0 Å². The number of anilines is 1. The number of benzene rings is 1. The van der Waals surface area contributed by atoms with Crippen molar-refractivity contribution in [3.8, 4) is 0 Å². The number of rotatable bonds is 2. The SMILES string of the molecule is CC1=CC(=O)N(c2ccc(I)cc2C(=O)O)C1=O. The molecule has 2 rings (SSSR count). The molecular formula is C12H8INO4. The first-order valence-corrected chi connectivity index (χ1v) is 6.09. The van der Waals surface area contributed by atoms with E-state index in [1.54, 1.807) is 6.07 Å². The molecule has 6 heteroatoms. The number of imide groups is 1. The van der Waals surface area contributed by atoms with Gasteiger partial charge in [0.1, 0.15) is 0 Å². The smallest absolute Gasteiger partial charge is 0.337 e. The highest BCUT2D eigenvalue weighted by Crippen LogP contribution is 2.27. The van der Waals surface area contributed by atoms with Gasteiger partial charge in [-0.2, -0.15) is 0 Å². The number of hydrogen-bond acceptors (Lipinski definition) is 3. The maximum atomic E-state index is 11.8. The van der Waals surface area contributed by atoms with Crippen molar-refractivity contribution in [2.45, 2.75) is 6.92 Å². The quantitative estimate of drug-likeness (QED) is 0.647. The topological polar surface area (TPSA) is 74.7 Å². The summed E-state index contributed by atoms with van der Waals surface area (Å²) in [6.45, 7) is 1.52. The van der Waals surface area contributed by atoms with E-state index in [0.29, 0.717) is 5.57 Å². The van der Waals surface area contributed by atoms with Gasteiger partial charge in [-0.15, -0.1) is 0 Å². The van der Waals surface area contributed by atoms with Crippen LogP contribution in [0.1, 0.15) is 17.3 Å². The van der Waals surface area contributed by atoms with Crippen LogP contribution in [0.15, 0.2) is 29.8 Å². The third-order valence-corrected chi connectivity index (χ3v) is 3.20. The fourth-order valence-corrected chi connectivity index (χ4v) is 2.18. The summed E-state index contributed by atoms with van der Waals surface area (Å²) in [6, 6.07) is 4.54. The Labute approximate surface area is 116 Å². The maximum absolute atomic E-state index is 11.8. The van der Waals surface area contributed by atoms with Crippen LogP contribution in [-0.2, 0) is 9.59 Å². The molecule has 2 amide bonds. The Hall–Kier alpha value is -1.70. The van der Waals surface area contributed by atoms with Crippen LogP contribution >= 0.6 is 22.6 Å². The van der Waals surface area contributed by atoms with Crippen LogP contribution in [-0.4, -0.2) is 22.9 Å². The van der Waals surface area contributed by atoms with Crippen LogP contribution < -0.4 is 4.90 Å². The molecule has 0 aromatic heterocycles. The summed E-state index contributed by atoms with van der Waals surface area (Å²) in [5.74, 6) is -2.17. The highest BCUT2D eigenvalue weighted by Gasteiger charge is 2.32. The van der Waals surface area contributed by atoms with E-state index in [4.69, 9.17) is 5.11 Å². The average Bonchev–Trinajstić information content (AvgIpc) is 2.54. The van der Waals surface area contributed by atoms with Crippen molar-refractivity contribution in [1.29, 1.82) is 0 Å². The number of carbonyl (C=O) groups excluding carboxylic acids is 2. The van der Waals surface area contributed by atoms with Crippen LogP contribution in [0, 0.1) is 3.57 Å². The molecule has 0 radical (unpaired) electrons. The Bertz CT molecular complexity index is 606. The molecule has 1 aliphatic rings. The molecule has 1 aromatic rings. The third-order valence-electron chi connectivity index (χ3n) is 2.53. The van der Waals surface area contributed by atoms with Gasteiger partial charge in [0.15, 0.2) is 0 Å². The molecule has 92 valence electrons. The Kier molecular flexibility index (Phi) is 3.20. The van der Waals surface area contributed by atoms with E-state index in [1.807, 2.05) is 22.6 Å². The van der Waals surface area contributed by atoms with Crippen molar-refractivity contribution >= 4 is 46.1 Å². The second kappa shape index (κ2) is 4.52. The molecule has 1 heterocycles. The zero-order valence-corrected chi connectivity index (χ0v) is 11.5. The monoisotopic (exact) mass is 357 g/mol. The van der Waals surface area contributed by atoms with Crippen molar-refractivity contribution in [3.05, 3.63) is 39.0 Å². The van der Waals surface area contributed by atoms with Gasteiger partial charge in [0.25, 0.3) is 11.8 Å². The summed E-state index contributed by atoms with van der Waals surface area (Å²) in [6.07, 6.45) is 1.20. The zero-order valence-electron chi connectivity index (χ0n) is 9.31. The van der Waals surface area contributed by atoms with Crippen LogP contribution in [0.3, 0.4) is 0 Å². The highest BCUT2D eigenvalue weighted by molar-refractivity contribution is 14.1. The minimum absolute atomic E-state index is 0.0632. The third kappa shape index (κ3) is 2.03. The zero-order chi connectivity index (χ0) is 13.4. The molecule has 1 aliphatic heterocycles. The molecule has 1 aromatic carbocycles. The first-order chi connectivity index (χ1) is 8.41. The van der Waals surface area contributed by atoms with Gasteiger partial charge in [-0.1, -0.05) is 0 Å². The van der Waals surface area contributed by atoms with E-state index >= 15 is 0 Å². The highest BCUT2D eigenvalue weighted by atomic mass is 127. The Balaban J connectivity index is 2.56. The van der Waals surface area contributed by atoms with Gasteiger partial charge in [-0.05, 0) is 47.7 Å². The van der Waals surface area contributed by atoms with Crippen molar-refractivity contribution in [2.24, 2.45) is 0 Å². The van der Waals surface area contributed by atoms with E-state index in [-0.39, 0.29) is 11.3 Å². The number of carboxylic acid groups (broad SMARTS) is 1. The van der Waals surface area contributed by atoms with Crippen molar-refractivity contribution in [1.82, 2.24) is 0 Å². The lowest BCUT2D eigenvalue weighted by Gasteiger charge is -2.17. The van der Waals surface area contributed by atoms with E-state index in [2.05, 4.69) is 0 Å². The lowest BCUT2D eigenvalue weighted by Crippen LogP contribution is -2.32. The predicted molar refractivity (Wildman–Crippen MR) is 72.4 cm³/mol. The van der Waals surface area contributed by atoms with Gasteiger partial charge < -0.3 is 5.11 Å². The van der Waals surface area contributed by atoms with E-state index in [0.717, 1.165) is 8.47 Å². The summed E-state index contributed by atoms with van der Waals surface area (Å²) in [5.41, 5.74) is 0.340. The molecule has 0 unspecified atom stereocenters. The first kappa shape index (κ1) is 12.7. The van der Waals surface area contributed by atoms with Gasteiger partial charge in [0.05, 0.1) is 11.3 Å². The summed E-state index contributed by atoms with van der Waals surface area (Å²) in [4.78, 5) is 35.5. The summed E-state index contributed by atoms with van der Waals surface area (Å²) in [7, 11) is 0. The van der Waals surface area contributed by atoms with Crippen LogP contribution in [0.5, 0.6) is 0 Å². The molecular weight excluding hydrogens is 349 g/mol. The molecule has 0 atom stereocenters. The number of amides is 2. The molecule has 0 fully saturated rings. The number of carbonyl (C=O) groups is 3. The molecule has 0 saturated carbocycles. The normalized spacial score (nSPS) is 15.0. The predicted octanol–water partition coefficient (Wildman–Crippen LogP) is 1.81. The summed E-state index contributed by atoms with van der Waals surface area (Å²) < 4.78 is 0.720. The molecule has 18 heavy (non-hydrogen) atoms. The van der Waals surface area contributed by atoms with Crippen LogP contribution in [0.2, 0.25) is 0 Å². The van der Waals surface area contributed by atoms with Gasteiger partial charge in [-0.3, -0.25) is 9.59 Å². The van der Waals surface area contributed by atoms with Gasteiger partial charge >= 0.3 is 5.97 Å². The van der Waals surface area contributed by atoms with Gasteiger partial charge in [0.2, 0.25) is 0 Å². The molecule has 5 nitrogen and oxygen atoms in total. The van der Waals surface area contributed by atoms with Crippen molar-refractivity contribution in [2.75, 3.05) is 4.90 Å². The lowest BCUT2D eigenvalue weighted by molar-refractivity contribution is -0.120.